The maximum absolute atomic E-state index is 10.1. The summed E-state index contributed by atoms with van der Waals surface area (Å²) in [6.45, 7) is 0. The molecule has 1 fully saturated rings. The maximum atomic E-state index is 10.1. The fraction of sp³-hybridized carbons (Fsp3) is 1.00. The van der Waals surface area contributed by atoms with Crippen molar-refractivity contribution in [1.29, 1.82) is 0 Å². The molecule has 1 nitrogen and oxygen atoms in total. The third-order valence-electron chi connectivity index (χ3n) is 3.90. The molecule has 1 aliphatic rings. The molecular weight excluding hydrogens is 228 g/mol. The predicted molar refractivity (Wildman–Crippen MR) is 78.6 cm³/mol. The first kappa shape index (κ1) is 15.4. The second kappa shape index (κ2) is 9.27. The quantitative estimate of drug-likeness (QED) is 0.458. The zero-order valence-electron chi connectivity index (χ0n) is 11.3. The van der Waals surface area contributed by atoms with Crippen LogP contribution in [0.1, 0.15) is 89.9 Å². The number of aliphatic hydroxyl groups is 1. The molecule has 1 aliphatic carbocycles. The van der Waals surface area contributed by atoms with Crippen molar-refractivity contribution in [2.45, 2.75) is 94.8 Å². The van der Waals surface area contributed by atoms with Gasteiger partial charge in [0.25, 0.3) is 0 Å². The maximum Gasteiger partial charge on any atom is 0.107 e. The zero-order valence-corrected chi connectivity index (χ0v) is 12.2. The van der Waals surface area contributed by atoms with E-state index in [0.717, 1.165) is 25.7 Å². The molecule has 0 saturated heterocycles. The first-order chi connectivity index (χ1) is 8.21. The number of hydrogen-bond acceptors (Lipinski definition) is 2. The van der Waals surface area contributed by atoms with Crippen molar-refractivity contribution in [2.24, 2.45) is 0 Å². The standard InChI is InChI=1S/C15H30OS/c16-15(17)13-11-9-7-5-3-1-2-4-6-8-10-12-14-15/h16-17H,1-14H2. The molecule has 0 aromatic heterocycles. The second-order valence-electron chi connectivity index (χ2n) is 5.73. The van der Waals surface area contributed by atoms with Crippen molar-refractivity contribution in [3.05, 3.63) is 0 Å². The first-order valence-corrected chi connectivity index (χ1v) is 8.10. The topological polar surface area (TPSA) is 20.2 Å². The number of thiol groups is 1. The Hall–Kier alpha value is 0.310. The van der Waals surface area contributed by atoms with Gasteiger partial charge >= 0.3 is 0 Å². The molecule has 0 aromatic rings. The molecule has 102 valence electrons. The molecule has 0 spiro atoms. The molecule has 0 amide bonds. The summed E-state index contributed by atoms with van der Waals surface area (Å²) in [5, 5.41) is 10.1. The van der Waals surface area contributed by atoms with E-state index in [4.69, 9.17) is 0 Å². The van der Waals surface area contributed by atoms with Crippen LogP contribution in [0.5, 0.6) is 0 Å². The van der Waals surface area contributed by atoms with Crippen LogP contribution < -0.4 is 0 Å². The highest BCUT2D eigenvalue weighted by atomic mass is 32.1. The van der Waals surface area contributed by atoms with Crippen molar-refractivity contribution < 1.29 is 5.11 Å². The van der Waals surface area contributed by atoms with Crippen LogP contribution in [0.4, 0.5) is 0 Å². The van der Waals surface area contributed by atoms with Crippen LogP contribution in [0.3, 0.4) is 0 Å². The Bertz CT molecular complexity index is 162. The van der Waals surface area contributed by atoms with Gasteiger partial charge < -0.3 is 5.11 Å². The summed E-state index contributed by atoms with van der Waals surface area (Å²) in [6, 6.07) is 0. The molecule has 0 unspecified atom stereocenters. The normalized spacial score (nSPS) is 25.8. The SMILES string of the molecule is OC1(S)CCCCCCCCCCCCCC1. The Kier molecular flexibility index (Phi) is 8.38. The Morgan fingerprint density at radius 2 is 0.765 bits per heavy atom. The van der Waals surface area contributed by atoms with Gasteiger partial charge in [0.1, 0.15) is 4.93 Å². The third-order valence-corrected chi connectivity index (χ3v) is 4.35. The van der Waals surface area contributed by atoms with Crippen LogP contribution >= 0.6 is 12.6 Å². The number of hydrogen-bond donors (Lipinski definition) is 2. The Morgan fingerprint density at radius 1 is 0.529 bits per heavy atom. The minimum absolute atomic E-state index is 0.694. The highest BCUT2D eigenvalue weighted by Gasteiger charge is 2.19. The van der Waals surface area contributed by atoms with Crippen molar-refractivity contribution in [3.63, 3.8) is 0 Å². The van der Waals surface area contributed by atoms with E-state index < -0.39 is 4.93 Å². The summed E-state index contributed by atoms with van der Waals surface area (Å²) in [5.74, 6) is 0. The van der Waals surface area contributed by atoms with Crippen LogP contribution in [0, 0.1) is 0 Å². The van der Waals surface area contributed by atoms with E-state index >= 15 is 0 Å². The molecule has 0 atom stereocenters. The molecule has 1 N–H and O–H groups in total. The van der Waals surface area contributed by atoms with Gasteiger partial charge in [0.15, 0.2) is 0 Å². The van der Waals surface area contributed by atoms with Crippen LogP contribution in [-0.4, -0.2) is 10.0 Å². The van der Waals surface area contributed by atoms with E-state index in [1.165, 1.54) is 64.2 Å². The molecular formula is C15H30OS. The lowest BCUT2D eigenvalue weighted by atomic mass is 10.0. The van der Waals surface area contributed by atoms with Crippen molar-refractivity contribution >= 4 is 12.6 Å². The fourth-order valence-corrected chi connectivity index (χ4v) is 3.03. The molecule has 2 heteroatoms. The summed E-state index contributed by atoms with van der Waals surface area (Å²) in [7, 11) is 0. The van der Waals surface area contributed by atoms with E-state index in [9.17, 15) is 5.11 Å². The third kappa shape index (κ3) is 8.96. The lowest BCUT2D eigenvalue weighted by molar-refractivity contribution is 0.113. The molecule has 1 rings (SSSR count). The molecule has 0 aliphatic heterocycles. The lowest BCUT2D eigenvalue weighted by Crippen LogP contribution is -2.20. The minimum Gasteiger partial charge on any atom is -0.380 e. The van der Waals surface area contributed by atoms with Crippen molar-refractivity contribution in [1.82, 2.24) is 0 Å². The Labute approximate surface area is 113 Å². The predicted octanol–water partition coefficient (Wildman–Crippen LogP) is 5.08. The number of rotatable bonds is 0. The molecule has 0 heterocycles. The average molecular weight is 258 g/mol. The van der Waals surface area contributed by atoms with E-state index in [1.807, 2.05) is 0 Å². The molecule has 0 radical (unpaired) electrons. The van der Waals surface area contributed by atoms with E-state index in [0.29, 0.717) is 0 Å². The Morgan fingerprint density at radius 3 is 1.06 bits per heavy atom. The van der Waals surface area contributed by atoms with Crippen LogP contribution in [-0.2, 0) is 0 Å². The lowest BCUT2D eigenvalue weighted by Gasteiger charge is -2.22. The monoisotopic (exact) mass is 258 g/mol. The Balaban J connectivity index is 2.22. The molecule has 0 aromatic carbocycles. The van der Waals surface area contributed by atoms with Gasteiger partial charge in [-0.2, -0.15) is 0 Å². The van der Waals surface area contributed by atoms with Gasteiger partial charge in [-0.25, -0.2) is 0 Å². The van der Waals surface area contributed by atoms with Gasteiger partial charge in [-0.15, -0.1) is 12.6 Å². The van der Waals surface area contributed by atoms with Gasteiger partial charge in [-0.3, -0.25) is 0 Å². The largest absolute Gasteiger partial charge is 0.380 e. The smallest absolute Gasteiger partial charge is 0.107 e. The second-order valence-corrected chi connectivity index (χ2v) is 6.56. The van der Waals surface area contributed by atoms with Gasteiger partial charge in [-0.05, 0) is 25.7 Å². The van der Waals surface area contributed by atoms with Crippen LogP contribution in [0.2, 0.25) is 0 Å². The molecule has 1 saturated carbocycles. The van der Waals surface area contributed by atoms with Crippen LogP contribution in [0.15, 0.2) is 0 Å². The highest BCUT2D eigenvalue weighted by Crippen LogP contribution is 2.27. The van der Waals surface area contributed by atoms with E-state index in [-0.39, 0.29) is 0 Å². The minimum atomic E-state index is -0.694. The zero-order chi connectivity index (χ0) is 12.4. The van der Waals surface area contributed by atoms with E-state index in [2.05, 4.69) is 12.6 Å². The van der Waals surface area contributed by atoms with Gasteiger partial charge in [0.2, 0.25) is 0 Å². The average Bonchev–Trinajstić information content (AvgIpc) is 2.29. The first-order valence-electron chi connectivity index (χ1n) is 7.65. The van der Waals surface area contributed by atoms with E-state index in [1.54, 1.807) is 0 Å². The summed E-state index contributed by atoms with van der Waals surface area (Å²) >= 11 is 4.40. The van der Waals surface area contributed by atoms with Crippen molar-refractivity contribution in [2.75, 3.05) is 0 Å². The van der Waals surface area contributed by atoms with Gasteiger partial charge in [-0.1, -0.05) is 64.2 Å². The van der Waals surface area contributed by atoms with Crippen molar-refractivity contribution in [3.8, 4) is 0 Å². The van der Waals surface area contributed by atoms with Gasteiger partial charge in [0.05, 0.1) is 0 Å². The van der Waals surface area contributed by atoms with Gasteiger partial charge in [0, 0.05) is 0 Å². The highest BCUT2D eigenvalue weighted by molar-refractivity contribution is 7.81. The summed E-state index contributed by atoms with van der Waals surface area (Å²) in [4.78, 5) is -0.694. The summed E-state index contributed by atoms with van der Waals surface area (Å²) in [5.41, 5.74) is 0. The summed E-state index contributed by atoms with van der Waals surface area (Å²) < 4.78 is 0. The summed E-state index contributed by atoms with van der Waals surface area (Å²) in [6.07, 6.45) is 17.7. The molecule has 0 bridgehead atoms. The molecule has 17 heavy (non-hydrogen) atoms. The van der Waals surface area contributed by atoms with Crippen LogP contribution in [0.25, 0.3) is 0 Å². The fourth-order valence-electron chi connectivity index (χ4n) is 2.71.